The molecule has 1 heterocycles. The Kier molecular flexibility index (Phi) is 8.89. The van der Waals surface area contributed by atoms with Crippen LogP contribution >= 0.6 is 0 Å². The van der Waals surface area contributed by atoms with Crippen LogP contribution in [0, 0.1) is 17.8 Å². The molecule has 0 fully saturated rings. The lowest BCUT2D eigenvalue weighted by Crippen LogP contribution is -2.44. The highest BCUT2D eigenvalue weighted by atomic mass is 16.5. The summed E-state index contributed by atoms with van der Waals surface area (Å²) in [5, 5.41) is 0. The van der Waals surface area contributed by atoms with Crippen molar-refractivity contribution in [3.8, 4) is 11.5 Å². The number of Topliss-reactive ketones (excluding diaryl/α,β-unsaturated/α-hetero) is 2. The molecule has 0 N–H and O–H groups in total. The maximum absolute atomic E-state index is 14.1. The number of hydrogen-bond acceptors (Lipinski definition) is 6. The number of aryl methyl sites for hydroxylation is 1. The first-order valence-corrected chi connectivity index (χ1v) is 15.7. The molecule has 0 bridgehead atoms. The van der Waals surface area contributed by atoms with E-state index in [0.29, 0.717) is 44.2 Å². The Morgan fingerprint density at radius 3 is 1.98 bits per heavy atom. The van der Waals surface area contributed by atoms with E-state index < -0.39 is 5.92 Å². The molecule has 0 unspecified atom stereocenters. The van der Waals surface area contributed by atoms with E-state index in [1.165, 1.54) is 5.56 Å². The second-order valence-corrected chi connectivity index (χ2v) is 13.9. The highest BCUT2D eigenvalue weighted by Crippen LogP contribution is 2.55. The average Bonchev–Trinajstić information content (AvgIpc) is 2.92. The number of methoxy groups -OCH3 is 1. The molecule has 0 aromatic heterocycles. The van der Waals surface area contributed by atoms with E-state index in [-0.39, 0.29) is 22.4 Å². The first-order valence-electron chi connectivity index (χ1n) is 15.7. The smallest absolute Gasteiger partial charge is 0.162 e. The average molecular weight is 586 g/mol. The zero-order valence-corrected chi connectivity index (χ0v) is 27.0. The van der Waals surface area contributed by atoms with Gasteiger partial charge in [0.2, 0.25) is 0 Å². The molecule has 43 heavy (non-hydrogen) atoms. The largest absolute Gasteiger partial charge is 0.490 e. The van der Waals surface area contributed by atoms with E-state index in [0.717, 1.165) is 59.5 Å². The second kappa shape index (κ2) is 12.3. The van der Waals surface area contributed by atoms with Gasteiger partial charge in [0.1, 0.15) is 6.61 Å². The second-order valence-electron chi connectivity index (χ2n) is 13.9. The summed E-state index contributed by atoms with van der Waals surface area (Å²) in [5.74, 6) is 1.13. The maximum Gasteiger partial charge on any atom is 0.162 e. The molecular formula is C37H47NO5. The fourth-order valence-corrected chi connectivity index (χ4v) is 6.96. The van der Waals surface area contributed by atoms with E-state index in [4.69, 9.17) is 14.2 Å². The van der Waals surface area contributed by atoms with Crippen LogP contribution < -0.4 is 9.47 Å². The van der Waals surface area contributed by atoms with Crippen molar-refractivity contribution in [2.45, 2.75) is 86.2 Å². The molecule has 2 aromatic carbocycles. The Morgan fingerprint density at radius 1 is 0.814 bits per heavy atom. The number of allylic oxidation sites excluding steroid dienone is 4. The zero-order chi connectivity index (χ0) is 30.9. The van der Waals surface area contributed by atoms with Crippen LogP contribution in [0.25, 0.3) is 0 Å². The van der Waals surface area contributed by atoms with E-state index in [2.05, 4.69) is 63.8 Å². The third kappa shape index (κ3) is 6.59. The fourth-order valence-electron chi connectivity index (χ4n) is 6.96. The third-order valence-electron chi connectivity index (χ3n) is 8.87. The molecule has 2 aromatic rings. The van der Waals surface area contributed by atoms with Crippen molar-refractivity contribution in [2.75, 3.05) is 26.9 Å². The van der Waals surface area contributed by atoms with E-state index in [1.807, 2.05) is 25.1 Å². The van der Waals surface area contributed by atoms with Crippen molar-refractivity contribution >= 4 is 11.6 Å². The van der Waals surface area contributed by atoms with E-state index in [9.17, 15) is 9.59 Å². The summed E-state index contributed by atoms with van der Waals surface area (Å²) in [6.07, 6.45) is 3.33. The normalized spacial score (nSPS) is 19.8. The van der Waals surface area contributed by atoms with Crippen LogP contribution in [0.15, 0.2) is 65.0 Å². The number of benzene rings is 2. The lowest BCUT2D eigenvalue weighted by molar-refractivity contribution is -0.119. The number of ether oxygens (including phenoxy) is 3. The summed E-state index contributed by atoms with van der Waals surface area (Å²) >= 11 is 0. The first-order chi connectivity index (χ1) is 20.4. The van der Waals surface area contributed by atoms with Crippen LogP contribution in [0.3, 0.4) is 0 Å². The van der Waals surface area contributed by atoms with Crippen molar-refractivity contribution in [3.05, 3.63) is 81.7 Å². The van der Waals surface area contributed by atoms with Gasteiger partial charge in [-0.25, -0.2) is 0 Å². The molecule has 0 radical (unpaired) electrons. The molecule has 5 rings (SSSR count). The van der Waals surface area contributed by atoms with Gasteiger partial charge in [0.25, 0.3) is 0 Å². The maximum atomic E-state index is 14.1. The van der Waals surface area contributed by atoms with Crippen LogP contribution in [-0.4, -0.2) is 43.3 Å². The first kappa shape index (κ1) is 31.1. The standard InChI is InChI=1S/C37H47NO5/c1-8-42-32-18-26(14-15-31(32)43-23-25-12-10-24(2)11-13-25)33-34-27(19-36(3,4)21-29(34)39)38(16-9-17-41-7)28-20-37(5,6)22-30(40)35(28)33/h10-15,18,33H,8-9,16-17,19-23H2,1-7H3. The molecule has 1 aliphatic heterocycles. The lowest BCUT2D eigenvalue weighted by atomic mass is 9.63. The molecule has 6 nitrogen and oxygen atoms in total. The molecule has 0 amide bonds. The minimum absolute atomic E-state index is 0.134. The van der Waals surface area contributed by atoms with E-state index >= 15 is 0 Å². The summed E-state index contributed by atoms with van der Waals surface area (Å²) in [4.78, 5) is 30.5. The number of ketones is 2. The molecular weight excluding hydrogens is 538 g/mol. The SMILES string of the molecule is CCOc1cc(C2C3=C(CC(C)(C)CC3=O)N(CCCOC)C3=C2C(=O)CC(C)(C)C3)ccc1OCc1ccc(C)cc1. The number of nitrogens with zero attached hydrogens (tertiary/aromatic N) is 1. The van der Waals surface area contributed by atoms with Crippen molar-refractivity contribution in [2.24, 2.45) is 10.8 Å². The summed E-state index contributed by atoms with van der Waals surface area (Å²) in [5.41, 5.74) is 6.58. The minimum atomic E-state index is -0.416. The van der Waals surface area contributed by atoms with Crippen molar-refractivity contribution in [1.29, 1.82) is 0 Å². The molecule has 2 aliphatic carbocycles. The molecule has 3 aliphatic rings. The highest BCUT2D eigenvalue weighted by Gasteiger charge is 2.49. The number of carbonyl (C=O) groups is 2. The Labute approximate surface area is 257 Å². The zero-order valence-electron chi connectivity index (χ0n) is 27.0. The van der Waals surface area contributed by atoms with Crippen LogP contribution in [0.1, 0.15) is 89.3 Å². The van der Waals surface area contributed by atoms with Crippen LogP contribution in [0.2, 0.25) is 0 Å². The van der Waals surface area contributed by atoms with E-state index in [1.54, 1.807) is 7.11 Å². The molecule has 0 saturated heterocycles. The van der Waals surface area contributed by atoms with Crippen LogP contribution in [0.4, 0.5) is 0 Å². The summed E-state index contributed by atoms with van der Waals surface area (Å²) in [6, 6.07) is 14.2. The Bertz CT molecular complexity index is 1390. The van der Waals surface area contributed by atoms with Gasteiger partial charge in [0, 0.05) is 61.6 Å². The summed E-state index contributed by atoms with van der Waals surface area (Å²) < 4.78 is 17.7. The van der Waals surface area contributed by atoms with Crippen molar-refractivity contribution in [3.63, 3.8) is 0 Å². The van der Waals surface area contributed by atoms with Gasteiger partial charge in [-0.3, -0.25) is 9.59 Å². The third-order valence-corrected chi connectivity index (χ3v) is 8.87. The lowest BCUT2D eigenvalue weighted by Gasteiger charge is -2.49. The summed E-state index contributed by atoms with van der Waals surface area (Å²) in [7, 11) is 1.71. The minimum Gasteiger partial charge on any atom is -0.490 e. The highest BCUT2D eigenvalue weighted by molar-refractivity contribution is 6.06. The molecule has 6 heteroatoms. The van der Waals surface area contributed by atoms with Gasteiger partial charge in [-0.1, -0.05) is 63.6 Å². The molecule has 0 atom stereocenters. The molecule has 0 saturated carbocycles. The van der Waals surface area contributed by atoms with Gasteiger partial charge in [-0.15, -0.1) is 0 Å². The van der Waals surface area contributed by atoms with Gasteiger partial charge < -0.3 is 19.1 Å². The van der Waals surface area contributed by atoms with Gasteiger partial charge in [0.05, 0.1) is 6.61 Å². The van der Waals surface area contributed by atoms with Gasteiger partial charge in [-0.2, -0.15) is 0 Å². The number of carbonyl (C=O) groups excluding carboxylic acids is 2. The monoisotopic (exact) mass is 585 g/mol. The van der Waals surface area contributed by atoms with Gasteiger partial charge >= 0.3 is 0 Å². The van der Waals surface area contributed by atoms with Gasteiger partial charge in [-0.05, 0) is 67.2 Å². The van der Waals surface area contributed by atoms with Crippen molar-refractivity contribution < 1.29 is 23.8 Å². The molecule has 230 valence electrons. The topological polar surface area (TPSA) is 65.1 Å². The van der Waals surface area contributed by atoms with Gasteiger partial charge in [0.15, 0.2) is 23.1 Å². The molecule has 0 spiro atoms. The predicted molar refractivity (Wildman–Crippen MR) is 169 cm³/mol. The Balaban J connectivity index is 1.61. The Morgan fingerprint density at radius 2 is 1.42 bits per heavy atom. The number of hydrogen-bond donors (Lipinski definition) is 0. The summed E-state index contributed by atoms with van der Waals surface area (Å²) in [6.45, 7) is 15.0. The number of rotatable bonds is 10. The van der Waals surface area contributed by atoms with Crippen LogP contribution in [-0.2, 0) is 20.9 Å². The Hall–Kier alpha value is -3.38. The predicted octanol–water partition coefficient (Wildman–Crippen LogP) is 7.69. The van der Waals surface area contributed by atoms with Crippen LogP contribution in [0.5, 0.6) is 11.5 Å². The quantitative estimate of drug-likeness (QED) is 0.266. The van der Waals surface area contributed by atoms with Crippen molar-refractivity contribution in [1.82, 2.24) is 4.90 Å². The fraction of sp³-hybridized carbons (Fsp3) is 0.514.